The van der Waals surface area contributed by atoms with Gasteiger partial charge in [-0.3, -0.25) is 8.75 Å². The van der Waals surface area contributed by atoms with E-state index in [4.69, 9.17) is 14.7 Å². The smallest absolute Gasteiger partial charge is 0.387 e. The molecule has 0 unspecified atom stereocenters. The number of hydrogen-bond acceptors (Lipinski definition) is 10. The fourth-order valence-electron chi connectivity index (χ4n) is 3.23. The first-order valence-electron chi connectivity index (χ1n) is 9.12. The van der Waals surface area contributed by atoms with Crippen molar-refractivity contribution in [3.8, 4) is 0 Å². The third-order valence-electron chi connectivity index (χ3n) is 4.89. The molecule has 3 heterocycles. The van der Waals surface area contributed by atoms with Crippen LogP contribution in [0.25, 0.3) is 11.2 Å². The zero-order chi connectivity index (χ0) is 24.1. The van der Waals surface area contributed by atoms with E-state index in [1.165, 1.54) is 0 Å². The molecule has 1 aromatic carbocycles. The quantitative estimate of drug-likeness (QED) is 0.260. The molecule has 178 valence electrons. The largest absolute Gasteiger partial charge is 0.416 e. The van der Waals surface area contributed by atoms with E-state index >= 15 is 0 Å². The van der Waals surface area contributed by atoms with Crippen molar-refractivity contribution >= 4 is 27.1 Å². The number of rotatable bonds is 5. The van der Waals surface area contributed by atoms with E-state index in [0.717, 1.165) is 23.0 Å². The van der Waals surface area contributed by atoms with E-state index in [-0.39, 0.29) is 17.0 Å². The molecule has 1 saturated heterocycles. The molecule has 1 aliphatic heterocycles. The molecule has 2 aromatic heterocycles. The van der Waals surface area contributed by atoms with Gasteiger partial charge in [0.15, 0.2) is 23.2 Å². The van der Waals surface area contributed by atoms with Gasteiger partial charge in [-0.1, -0.05) is 0 Å². The lowest BCUT2D eigenvalue weighted by Crippen LogP contribution is -2.34. The maximum atomic E-state index is 13.6. The van der Waals surface area contributed by atoms with Crippen LogP contribution in [0.4, 0.5) is 23.4 Å². The Hall–Kier alpha value is -2.92. The standard InChI is InChI=1S/C17H15F4N5O6S/c18-16-24-13(22)10-14(25-16)26(6-23-10)15-12(28)11(27)9(32-15)5-31-33(29,30)8-3-1-7(2-4-8)17(19,20)21/h1-4,6,9,11-12,15,27-28H,5H2,(H2,22,24,25)/t9-,11-,12-,15-/m1/s1. The molecule has 11 nitrogen and oxygen atoms in total. The normalized spacial score (nSPS) is 23.9. The van der Waals surface area contributed by atoms with Crippen molar-refractivity contribution in [2.24, 2.45) is 0 Å². The third-order valence-corrected chi connectivity index (χ3v) is 6.19. The second kappa shape index (κ2) is 8.14. The van der Waals surface area contributed by atoms with Crippen molar-refractivity contribution in [1.82, 2.24) is 19.5 Å². The highest BCUT2D eigenvalue weighted by molar-refractivity contribution is 7.86. The maximum absolute atomic E-state index is 13.6. The number of aliphatic hydroxyl groups is 2. The van der Waals surface area contributed by atoms with E-state index in [9.17, 15) is 36.2 Å². The zero-order valence-corrected chi connectivity index (χ0v) is 17.0. The minimum absolute atomic E-state index is 0.00581. The molecule has 0 amide bonds. The highest BCUT2D eigenvalue weighted by Crippen LogP contribution is 2.33. The number of nitrogens with zero attached hydrogens (tertiary/aromatic N) is 4. The van der Waals surface area contributed by atoms with Gasteiger partial charge in [-0.25, -0.2) is 4.98 Å². The van der Waals surface area contributed by atoms with Gasteiger partial charge in [-0.2, -0.15) is 35.9 Å². The van der Waals surface area contributed by atoms with Gasteiger partial charge < -0.3 is 20.7 Å². The van der Waals surface area contributed by atoms with Crippen LogP contribution in [0.5, 0.6) is 0 Å². The van der Waals surface area contributed by atoms with Gasteiger partial charge in [-0.05, 0) is 24.3 Å². The first kappa shape index (κ1) is 23.2. The number of ether oxygens (including phenoxy) is 1. The molecule has 0 spiro atoms. The SMILES string of the molecule is Nc1nc(F)nc2c1ncn2[C@@H]1O[C@H](COS(=O)(=O)c2ccc(C(F)(F)F)cc2)[C@@H](O)[C@H]1O. The van der Waals surface area contributed by atoms with Crippen LogP contribution in [0.3, 0.4) is 0 Å². The van der Waals surface area contributed by atoms with Crippen molar-refractivity contribution in [3.05, 3.63) is 42.2 Å². The average molecular weight is 493 g/mol. The summed E-state index contributed by atoms with van der Waals surface area (Å²) in [6.07, 6.45) is -10.7. The van der Waals surface area contributed by atoms with Crippen molar-refractivity contribution in [2.45, 2.75) is 35.6 Å². The van der Waals surface area contributed by atoms with Gasteiger partial charge in [-0.15, -0.1) is 0 Å². The Labute approximate surface area is 182 Å². The second-order valence-corrected chi connectivity index (χ2v) is 8.62. The molecule has 0 aliphatic carbocycles. The summed E-state index contributed by atoms with van der Waals surface area (Å²) in [4.78, 5) is 10.2. The number of aliphatic hydroxyl groups excluding tert-OH is 2. The van der Waals surface area contributed by atoms with Crippen LogP contribution in [0.1, 0.15) is 11.8 Å². The number of benzene rings is 1. The summed E-state index contributed by atoms with van der Waals surface area (Å²) in [6.45, 7) is -0.782. The summed E-state index contributed by atoms with van der Waals surface area (Å²) in [5.74, 6) is -0.271. The lowest BCUT2D eigenvalue weighted by Gasteiger charge is -2.16. The third kappa shape index (κ3) is 4.34. The van der Waals surface area contributed by atoms with Crippen molar-refractivity contribution in [3.63, 3.8) is 0 Å². The molecule has 3 aromatic rings. The number of nitrogen functional groups attached to an aromatic ring is 1. The van der Waals surface area contributed by atoms with Crippen LogP contribution in [-0.4, -0.2) is 63.1 Å². The first-order chi connectivity index (χ1) is 15.4. The molecule has 33 heavy (non-hydrogen) atoms. The first-order valence-corrected chi connectivity index (χ1v) is 10.5. The van der Waals surface area contributed by atoms with Gasteiger partial charge in [0.25, 0.3) is 10.1 Å². The van der Waals surface area contributed by atoms with Crippen LogP contribution in [0.2, 0.25) is 0 Å². The minimum Gasteiger partial charge on any atom is -0.387 e. The van der Waals surface area contributed by atoms with Crippen LogP contribution in [-0.2, 0) is 25.2 Å². The van der Waals surface area contributed by atoms with E-state index in [1.807, 2.05) is 0 Å². The zero-order valence-electron chi connectivity index (χ0n) is 16.2. The Morgan fingerprint density at radius 2 is 1.82 bits per heavy atom. The number of aromatic nitrogens is 4. The Balaban J connectivity index is 1.50. The molecule has 16 heteroatoms. The van der Waals surface area contributed by atoms with Gasteiger partial charge in [0.1, 0.15) is 18.3 Å². The molecule has 0 bridgehead atoms. The summed E-state index contributed by atoms with van der Waals surface area (Å²) in [7, 11) is -4.51. The second-order valence-electron chi connectivity index (χ2n) is 7.01. The topological polar surface area (TPSA) is 163 Å². The highest BCUT2D eigenvalue weighted by Gasteiger charge is 2.45. The average Bonchev–Trinajstić information content (AvgIpc) is 3.27. The molecule has 0 saturated carbocycles. The Morgan fingerprint density at radius 3 is 2.45 bits per heavy atom. The van der Waals surface area contributed by atoms with Crippen molar-refractivity contribution in [2.75, 3.05) is 12.3 Å². The number of anilines is 1. The monoisotopic (exact) mass is 493 g/mol. The predicted octanol–water partition coefficient (Wildman–Crippen LogP) is 0.591. The van der Waals surface area contributed by atoms with E-state index in [2.05, 4.69) is 15.0 Å². The summed E-state index contributed by atoms with van der Waals surface area (Å²) >= 11 is 0. The predicted molar refractivity (Wildman–Crippen MR) is 100 cm³/mol. The maximum Gasteiger partial charge on any atom is 0.416 e. The summed E-state index contributed by atoms with van der Waals surface area (Å²) in [5.41, 5.74) is 4.39. The molecule has 1 fully saturated rings. The summed E-state index contributed by atoms with van der Waals surface area (Å²) in [5, 5.41) is 20.6. The van der Waals surface area contributed by atoms with Gasteiger partial charge >= 0.3 is 12.3 Å². The minimum atomic E-state index is -4.65. The summed E-state index contributed by atoms with van der Waals surface area (Å²) < 4.78 is 87.5. The fraction of sp³-hybridized carbons (Fsp3) is 0.353. The Bertz CT molecular complexity index is 1280. The number of nitrogens with two attached hydrogens (primary N) is 1. The molecule has 1 aliphatic rings. The van der Waals surface area contributed by atoms with Crippen LogP contribution >= 0.6 is 0 Å². The molecule has 4 rings (SSSR count). The van der Waals surface area contributed by atoms with Crippen LogP contribution < -0.4 is 5.73 Å². The summed E-state index contributed by atoms with van der Waals surface area (Å²) in [6, 6.07) is 2.59. The highest BCUT2D eigenvalue weighted by atomic mass is 32.2. The van der Waals surface area contributed by atoms with Gasteiger partial charge in [0.2, 0.25) is 0 Å². The molecule has 0 radical (unpaired) electrons. The van der Waals surface area contributed by atoms with Crippen molar-refractivity contribution in [1.29, 1.82) is 0 Å². The number of halogens is 4. The lowest BCUT2D eigenvalue weighted by atomic mass is 10.1. The number of imidazole rings is 1. The Kier molecular flexibility index (Phi) is 5.73. The van der Waals surface area contributed by atoms with Gasteiger partial charge in [0, 0.05) is 0 Å². The molecular weight excluding hydrogens is 478 g/mol. The van der Waals surface area contributed by atoms with Crippen LogP contribution in [0.15, 0.2) is 35.5 Å². The van der Waals surface area contributed by atoms with Gasteiger partial charge in [0.05, 0.1) is 23.4 Å². The lowest BCUT2D eigenvalue weighted by molar-refractivity contribution is -0.137. The molecule has 4 atom stereocenters. The number of alkyl halides is 3. The van der Waals surface area contributed by atoms with Crippen LogP contribution in [0, 0.1) is 6.08 Å². The molecular formula is C17H15F4N5O6S. The van der Waals surface area contributed by atoms with Crippen molar-refractivity contribution < 1.29 is 45.1 Å². The number of fused-ring (bicyclic) bond motifs is 1. The number of hydrogen-bond donors (Lipinski definition) is 3. The molecule has 4 N–H and O–H groups in total. The van der Waals surface area contributed by atoms with E-state index < -0.39 is 64.0 Å². The fourth-order valence-corrected chi connectivity index (χ4v) is 4.15. The van der Waals surface area contributed by atoms with E-state index in [0.29, 0.717) is 12.1 Å². The van der Waals surface area contributed by atoms with E-state index in [1.54, 1.807) is 0 Å². The Morgan fingerprint density at radius 1 is 1.15 bits per heavy atom.